The highest BCUT2D eigenvalue weighted by Gasteiger charge is 2.26. The molecule has 4 aromatic rings. The molecule has 3 aromatic carbocycles. The van der Waals surface area contributed by atoms with E-state index < -0.39 is 21.5 Å². The van der Waals surface area contributed by atoms with Crippen LogP contribution in [0.3, 0.4) is 0 Å². The number of aromatic nitrogens is 2. The summed E-state index contributed by atoms with van der Waals surface area (Å²) in [5.41, 5.74) is 6.74. The van der Waals surface area contributed by atoms with Crippen LogP contribution in [0.2, 0.25) is 5.02 Å². The third-order valence-corrected chi connectivity index (χ3v) is 7.59. The summed E-state index contributed by atoms with van der Waals surface area (Å²) in [7, 11) is -2.63. The van der Waals surface area contributed by atoms with Crippen molar-refractivity contribution >= 4 is 61.6 Å². The first-order chi connectivity index (χ1) is 17.9. The summed E-state index contributed by atoms with van der Waals surface area (Å²) in [6.45, 7) is 4.88. The maximum Gasteiger partial charge on any atom is 0.263 e. The molecule has 1 amide bonds. The van der Waals surface area contributed by atoms with E-state index in [-0.39, 0.29) is 16.5 Å². The number of halogens is 1. The molecule has 0 bridgehead atoms. The molecule has 0 fully saturated rings. The number of nitrogens with one attached hydrogen (secondary N) is 3. The average Bonchev–Trinajstić information content (AvgIpc) is 2.86. The van der Waals surface area contributed by atoms with E-state index in [0.29, 0.717) is 38.7 Å². The summed E-state index contributed by atoms with van der Waals surface area (Å²) in [5, 5.41) is 6.42. The number of nitrogens with zero attached hydrogens (tertiary/aromatic N) is 2. The van der Waals surface area contributed by atoms with E-state index in [0.717, 1.165) is 0 Å². The van der Waals surface area contributed by atoms with Crippen LogP contribution < -0.4 is 25.8 Å². The van der Waals surface area contributed by atoms with E-state index in [1.807, 2.05) is 0 Å². The molecule has 0 aliphatic rings. The number of fused-ring (bicyclic) bond motifs is 1. The van der Waals surface area contributed by atoms with E-state index >= 15 is 0 Å². The molecule has 12 heteroatoms. The summed E-state index contributed by atoms with van der Waals surface area (Å²) < 4.78 is 35.1. The van der Waals surface area contributed by atoms with Crippen LogP contribution in [0.15, 0.2) is 65.6 Å². The van der Waals surface area contributed by atoms with Crippen LogP contribution in [-0.2, 0) is 14.8 Å². The smallest absolute Gasteiger partial charge is 0.263 e. The molecule has 10 nitrogen and oxygen atoms in total. The van der Waals surface area contributed by atoms with Crippen LogP contribution in [0.5, 0.6) is 5.75 Å². The van der Waals surface area contributed by atoms with Crippen molar-refractivity contribution in [2.24, 2.45) is 5.73 Å². The Morgan fingerprint density at radius 1 is 1.00 bits per heavy atom. The van der Waals surface area contributed by atoms with Gasteiger partial charge in [-0.2, -0.15) is 0 Å². The van der Waals surface area contributed by atoms with Gasteiger partial charge < -0.3 is 21.1 Å². The van der Waals surface area contributed by atoms with E-state index in [1.54, 1.807) is 75.4 Å². The van der Waals surface area contributed by atoms with Crippen molar-refractivity contribution in [1.82, 2.24) is 9.97 Å². The zero-order chi connectivity index (χ0) is 27.7. The topological polar surface area (TPSA) is 148 Å². The number of carbonyl (C=O) groups is 1. The van der Waals surface area contributed by atoms with Gasteiger partial charge in [0.15, 0.2) is 11.6 Å². The number of ether oxygens (including phenoxy) is 1. The Balaban J connectivity index is 1.77. The second-order valence-corrected chi connectivity index (χ2v) is 11.1. The number of nitrogens with two attached hydrogens (primary N) is 1. The van der Waals surface area contributed by atoms with Crippen LogP contribution in [-0.4, -0.2) is 36.9 Å². The quantitative estimate of drug-likeness (QED) is 0.230. The molecule has 5 N–H and O–H groups in total. The van der Waals surface area contributed by atoms with Crippen LogP contribution in [0, 0.1) is 6.92 Å². The second-order valence-electron chi connectivity index (χ2n) is 9.08. The van der Waals surface area contributed by atoms with E-state index in [2.05, 4.69) is 25.3 Å². The Morgan fingerprint density at radius 3 is 2.29 bits per heavy atom. The summed E-state index contributed by atoms with van der Waals surface area (Å²) in [5.74, 6) is 0.0765. The lowest BCUT2D eigenvalue weighted by Crippen LogP contribution is -2.45. The predicted molar refractivity (Wildman–Crippen MR) is 150 cm³/mol. The number of anilines is 4. The van der Waals surface area contributed by atoms with Gasteiger partial charge >= 0.3 is 0 Å². The van der Waals surface area contributed by atoms with Gasteiger partial charge in [0.2, 0.25) is 5.91 Å². The number of aryl methyl sites for hydroxylation is 1. The first kappa shape index (κ1) is 27.0. The lowest BCUT2D eigenvalue weighted by atomic mass is 10.0. The lowest BCUT2D eigenvalue weighted by Gasteiger charge is -2.24. The van der Waals surface area contributed by atoms with Crippen molar-refractivity contribution in [3.63, 3.8) is 0 Å². The van der Waals surface area contributed by atoms with Gasteiger partial charge in [-0.05, 0) is 62.7 Å². The molecule has 0 saturated heterocycles. The molecule has 0 atom stereocenters. The number of methoxy groups -OCH3 is 1. The molecule has 198 valence electrons. The minimum Gasteiger partial charge on any atom is -0.497 e. The van der Waals surface area contributed by atoms with Gasteiger partial charge in [0.05, 0.1) is 33.7 Å². The highest BCUT2D eigenvalue weighted by atomic mass is 35.5. The maximum absolute atomic E-state index is 13.6. The SMILES string of the molecule is COc1ccc(Cl)c(Nc2nc3ccccc3nc2NS(=O)(=O)c2cc(NC(C)(C)C(N)=O)ccc2C)c1. The first-order valence-electron chi connectivity index (χ1n) is 11.5. The normalized spacial score (nSPS) is 11.7. The zero-order valence-corrected chi connectivity index (χ0v) is 22.7. The molecule has 0 radical (unpaired) electrons. The monoisotopic (exact) mass is 554 g/mol. The second kappa shape index (κ2) is 10.3. The van der Waals surface area contributed by atoms with Gasteiger partial charge in [0.1, 0.15) is 11.3 Å². The fourth-order valence-electron chi connectivity index (χ4n) is 3.59. The number of hydrogen-bond donors (Lipinski definition) is 4. The highest BCUT2D eigenvalue weighted by Crippen LogP contribution is 2.33. The predicted octanol–water partition coefficient (Wildman–Crippen LogP) is 4.82. The summed E-state index contributed by atoms with van der Waals surface area (Å²) in [4.78, 5) is 20.9. The highest BCUT2D eigenvalue weighted by molar-refractivity contribution is 7.92. The molecule has 0 spiro atoms. The summed E-state index contributed by atoms with van der Waals surface area (Å²) in [6, 6.07) is 16.8. The largest absolute Gasteiger partial charge is 0.497 e. The number of para-hydroxylation sites is 2. The number of hydrogen-bond acceptors (Lipinski definition) is 8. The van der Waals surface area contributed by atoms with Gasteiger partial charge in [-0.25, -0.2) is 18.4 Å². The van der Waals surface area contributed by atoms with Crippen LogP contribution in [0.25, 0.3) is 11.0 Å². The molecule has 0 aliphatic carbocycles. The maximum atomic E-state index is 13.6. The molecule has 4 rings (SSSR count). The number of benzene rings is 3. The molecule has 1 aromatic heterocycles. The number of carbonyl (C=O) groups excluding carboxylic acids is 1. The Bertz CT molecular complexity index is 1640. The fourth-order valence-corrected chi connectivity index (χ4v) is 5.03. The number of sulfonamides is 1. The summed E-state index contributed by atoms with van der Waals surface area (Å²) >= 11 is 6.37. The molecule has 0 aliphatic heterocycles. The molecule has 38 heavy (non-hydrogen) atoms. The van der Waals surface area contributed by atoms with Gasteiger partial charge in [-0.15, -0.1) is 0 Å². The van der Waals surface area contributed by atoms with Crippen molar-refractivity contribution in [3.8, 4) is 5.75 Å². The summed E-state index contributed by atoms with van der Waals surface area (Å²) in [6.07, 6.45) is 0. The zero-order valence-electron chi connectivity index (χ0n) is 21.2. The molecule has 1 heterocycles. The molecule has 0 unspecified atom stereocenters. The van der Waals surface area contributed by atoms with Crippen LogP contribution in [0.4, 0.5) is 23.0 Å². The minimum absolute atomic E-state index is 0.0110. The molecular formula is C26H27ClN6O4S. The number of primary amides is 1. The van der Waals surface area contributed by atoms with Gasteiger partial charge in [-0.3, -0.25) is 9.52 Å². The van der Waals surface area contributed by atoms with Crippen molar-refractivity contribution in [3.05, 3.63) is 71.2 Å². The first-order valence-corrected chi connectivity index (χ1v) is 13.3. The fraction of sp³-hybridized carbons (Fsp3) is 0.192. The number of amides is 1. The van der Waals surface area contributed by atoms with Crippen molar-refractivity contribution < 1.29 is 17.9 Å². The Kier molecular flexibility index (Phi) is 7.34. The third kappa shape index (κ3) is 5.74. The van der Waals surface area contributed by atoms with Crippen molar-refractivity contribution in [1.29, 1.82) is 0 Å². The van der Waals surface area contributed by atoms with Crippen molar-refractivity contribution in [2.75, 3.05) is 22.5 Å². The Morgan fingerprint density at radius 2 is 1.66 bits per heavy atom. The average molecular weight is 555 g/mol. The van der Waals surface area contributed by atoms with Gasteiger partial charge in [0, 0.05) is 11.8 Å². The molecular weight excluding hydrogens is 528 g/mol. The van der Waals surface area contributed by atoms with Crippen LogP contribution >= 0.6 is 11.6 Å². The van der Waals surface area contributed by atoms with E-state index in [4.69, 9.17) is 22.1 Å². The standard InChI is InChI=1S/C26H27ClN6O4S/c1-15-9-10-16(32-26(2,3)25(28)34)13-22(15)38(35,36)33-24-23(29-19-7-5-6-8-20(19)30-24)31-21-14-17(37-4)11-12-18(21)27/h5-14,32H,1-4H3,(H2,28,34)(H,29,31)(H,30,33). The molecule has 0 saturated carbocycles. The Labute approximate surface area is 225 Å². The van der Waals surface area contributed by atoms with Crippen LogP contribution in [0.1, 0.15) is 19.4 Å². The van der Waals surface area contributed by atoms with Crippen molar-refractivity contribution in [2.45, 2.75) is 31.2 Å². The van der Waals surface area contributed by atoms with Gasteiger partial charge in [-0.1, -0.05) is 29.8 Å². The van der Waals surface area contributed by atoms with E-state index in [9.17, 15) is 13.2 Å². The van der Waals surface area contributed by atoms with E-state index in [1.165, 1.54) is 13.2 Å². The third-order valence-electron chi connectivity index (χ3n) is 5.78. The van der Waals surface area contributed by atoms with Gasteiger partial charge in [0.25, 0.3) is 10.0 Å². The minimum atomic E-state index is -4.16. The number of rotatable bonds is 9. The Hall–Kier alpha value is -4.09. The lowest BCUT2D eigenvalue weighted by molar-refractivity contribution is -0.121.